The van der Waals surface area contributed by atoms with E-state index in [4.69, 9.17) is 0 Å². The first-order valence-electron chi connectivity index (χ1n) is 7.46. The van der Waals surface area contributed by atoms with Crippen LogP contribution in [0.25, 0.3) is 0 Å². The molecular weight excluding hydrogens is 218 g/mol. The summed E-state index contributed by atoms with van der Waals surface area (Å²) < 4.78 is 0. The van der Waals surface area contributed by atoms with E-state index in [2.05, 4.69) is 57.3 Å². The van der Waals surface area contributed by atoms with Gasteiger partial charge in [-0.25, -0.2) is 0 Å². The van der Waals surface area contributed by atoms with Gasteiger partial charge < -0.3 is 5.32 Å². The van der Waals surface area contributed by atoms with Crippen LogP contribution < -0.4 is 5.32 Å². The molecule has 0 aromatic heterocycles. The summed E-state index contributed by atoms with van der Waals surface area (Å²) in [6.07, 6.45) is 4.95. The van der Waals surface area contributed by atoms with E-state index in [1.807, 2.05) is 0 Å². The monoisotopic (exact) mass is 247 g/mol. The van der Waals surface area contributed by atoms with E-state index in [1.54, 1.807) is 0 Å². The first kappa shape index (κ1) is 15.2. The Morgan fingerprint density at radius 2 is 1.61 bits per heavy atom. The first-order valence-corrected chi connectivity index (χ1v) is 7.46. The Bertz CT molecular complexity index is 313. The lowest BCUT2D eigenvalue weighted by atomic mass is 10.0. The van der Waals surface area contributed by atoms with Crippen LogP contribution in [-0.4, -0.2) is 6.04 Å². The van der Waals surface area contributed by atoms with Crippen LogP contribution in [-0.2, 0) is 13.0 Å². The lowest BCUT2D eigenvalue weighted by molar-refractivity contribution is 0.462. The van der Waals surface area contributed by atoms with Gasteiger partial charge in [-0.05, 0) is 36.3 Å². The van der Waals surface area contributed by atoms with Gasteiger partial charge in [0.25, 0.3) is 0 Å². The Morgan fingerprint density at radius 3 is 2.11 bits per heavy atom. The van der Waals surface area contributed by atoms with Gasteiger partial charge in [0.2, 0.25) is 0 Å². The molecule has 1 aromatic rings. The zero-order valence-electron chi connectivity index (χ0n) is 12.5. The van der Waals surface area contributed by atoms with Gasteiger partial charge in [0.1, 0.15) is 0 Å². The van der Waals surface area contributed by atoms with Crippen LogP contribution in [0.3, 0.4) is 0 Å². The Labute approximate surface area is 113 Å². The largest absolute Gasteiger partial charge is 0.310 e. The third kappa shape index (κ3) is 5.68. The summed E-state index contributed by atoms with van der Waals surface area (Å²) in [6.45, 7) is 10.1. The molecule has 0 heterocycles. The third-order valence-corrected chi connectivity index (χ3v) is 3.39. The average molecular weight is 247 g/mol. The molecule has 1 heteroatoms. The van der Waals surface area contributed by atoms with Crippen molar-refractivity contribution in [3.63, 3.8) is 0 Å². The zero-order chi connectivity index (χ0) is 13.4. The molecule has 0 amide bonds. The van der Waals surface area contributed by atoms with Crippen molar-refractivity contribution in [3.05, 3.63) is 35.4 Å². The maximum Gasteiger partial charge on any atom is 0.0208 e. The van der Waals surface area contributed by atoms with E-state index in [0.717, 1.165) is 12.5 Å². The highest BCUT2D eigenvalue weighted by Gasteiger charge is 2.04. The van der Waals surface area contributed by atoms with Crippen molar-refractivity contribution < 1.29 is 0 Å². The molecule has 1 nitrogen and oxygen atoms in total. The summed E-state index contributed by atoms with van der Waals surface area (Å²) in [5.41, 5.74) is 2.85. The van der Waals surface area contributed by atoms with Gasteiger partial charge >= 0.3 is 0 Å². The molecule has 18 heavy (non-hydrogen) atoms. The van der Waals surface area contributed by atoms with Crippen LogP contribution in [0.1, 0.15) is 58.1 Å². The smallest absolute Gasteiger partial charge is 0.0208 e. The van der Waals surface area contributed by atoms with E-state index in [0.29, 0.717) is 6.04 Å². The van der Waals surface area contributed by atoms with Crippen LogP contribution in [0.4, 0.5) is 0 Å². The molecule has 0 spiro atoms. The molecule has 0 saturated heterocycles. The highest BCUT2D eigenvalue weighted by atomic mass is 14.9. The first-order chi connectivity index (χ1) is 8.65. The topological polar surface area (TPSA) is 12.0 Å². The van der Waals surface area contributed by atoms with Crippen molar-refractivity contribution in [2.24, 2.45) is 5.92 Å². The van der Waals surface area contributed by atoms with Gasteiger partial charge in [-0.15, -0.1) is 0 Å². The highest BCUT2D eigenvalue weighted by Crippen LogP contribution is 2.10. The van der Waals surface area contributed by atoms with Crippen LogP contribution >= 0.6 is 0 Å². The second-order valence-electron chi connectivity index (χ2n) is 5.69. The van der Waals surface area contributed by atoms with Gasteiger partial charge in [0.05, 0.1) is 0 Å². The van der Waals surface area contributed by atoms with E-state index < -0.39 is 0 Å². The van der Waals surface area contributed by atoms with E-state index in [-0.39, 0.29) is 0 Å². The fraction of sp³-hybridized carbons (Fsp3) is 0.647. The second-order valence-corrected chi connectivity index (χ2v) is 5.69. The minimum atomic E-state index is 0.672. The molecule has 1 rings (SSSR count). The lowest BCUT2D eigenvalue weighted by Crippen LogP contribution is -2.27. The molecular formula is C17H29N. The Morgan fingerprint density at radius 1 is 1.00 bits per heavy atom. The number of benzene rings is 1. The predicted octanol–water partition coefficient (Wildman–Crippen LogP) is 4.55. The maximum absolute atomic E-state index is 3.65. The predicted molar refractivity (Wildman–Crippen MR) is 80.8 cm³/mol. The minimum absolute atomic E-state index is 0.672. The molecule has 1 atom stereocenters. The van der Waals surface area contributed by atoms with Gasteiger partial charge in [0.15, 0.2) is 0 Å². The van der Waals surface area contributed by atoms with Gasteiger partial charge in [-0.2, -0.15) is 0 Å². The molecule has 1 aromatic carbocycles. The molecule has 1 N–H and O–H groups in total. The Balaban J connectivity index is 2.43. The summed E-state index contributed by atoms with van der Waals surface area (Å²) in [5.74, 6) is 0.739. The SMILES string of the molecule is CCCC(CC)NCc1ccc(CC(C)C)cc1. The zero-order valence-corrected chi connectivity index (χ0v) is 12.5. The molecule has 0 radical (unpaired) electrons. The summed E-state index contributed by atoms with van der Waals surface area (Å²) >= 11 is 0. The van der Waals surface area contributed by atoms with Crippen molar-refractivity contribution in [2.75, 3.05) is 0 Å². The van der Waals surface area contributed by atoms with Crippen LogP contribution in [0.15, 0.2) is 24.3 Å². The fourth-order valence-electron chi connectivity index (χ4n) is 2.33. The molecule has 0 fully saturated rings. The van der Waals surface area contributed by atoms with Crippen LogP contribution in [0.2, 0.25) is 0 Å². The van der Waals surface area contributed by atoms with Gasteiger partial charge in [-0.3, -0.25) is 0 Å². The highest BCUT2D eigenvalue weighted by molar-refractivity contribution is 5.22. The molecule has 0 aliphatic carbocycles. The number of rotatable bonds is 8. The maximum atomic E-state index is 3.65. The molecule has 1 unspecified atom stereocenters. The molecule has 102 valence electrons. The van der Waals surface area contributed by atoms with Crippen molar-refractivity contribution in [1.29, 1.82) is 0 Å². The van der Waals surface area contributed by atoms with Crippen molar-refractivity contribution in [1.82, 2.24) is 5.32 Å². The van der Waals surface area contributed by atoms with Crippen molar-refractivity contribution >= 4 is 0 Å². The van der Waals surface area contributed by atoms with Crippen molar-refractivity contribution in [3.8, 4) is 0 Å². The molecule has 0 bridgehead atoms. The minimum Gasteiger partial charge on any atom is -0.310 e. The van der Waals surface area contributed by atoms with Gasteiger partial charge in [-0.1, -0.05) is 58.4 Å². The molecule has 0 aliphatic rings. The summed E-state index contributed by atoms with van der Waals surface area (Å²) in [6, 6.07) is 9.76. The van der Waals surface area contributed by atoms with Gasteiger partial charge in [0, 0.05) is 12.6 Å². The number of hydrogen-bond acceptors (Lipinski definition) is 1. The van der Waals surface area contributed by atoms with Crippen LogP contribution in [0.5, 0.6) is 0 Å². The third-order valence-electron chi connectivity index (χ3n) is 3.39. The van der Waals surface area contributed by atoms with Crippen molar-refractivity contribution in [2.45, 2.75) is 66.0 Å². The number of nitrogens with one attached hydrogen (secondary N) is 1. The standard InChI is InChI=1S/C17H29N/c1-5-7-17(6-2)18-13-16-10-8-15(9-11-16)12-14(3)4/h8-11,14,17-18H,5-7,12-13H2,1-4H3. The molecule has 0 aliphatic heterocycles. The Kier molecular flexibility index (Phi) is 7.04. The number of hydrogen-bond donors (Lipinski definition) is 1. The lowest BCUT2D eigenvalue weighted by Gasteiger charge is -2.16. The quantitative estimate of drug-likeness (QED) is 0.710. The van der Waals surface area contributed by atoms with E-state index in [9.17, 15) is 0 Å². The normalized spacial score (nSPS) is 12.9. The van der Waals surface area contributed by atoms with E-state index in [1.165, 1.54) is 36.8 Å². The average Bonchev–Trinajstić information content (AvgIpc) is 2.35. The van der Waals surface area contributed by atoms with Crippen LogP contribution in [0, 0.1) is 5.92 Å². The summed E-state index contributed by atoms with van der Waals surface area (Å²) in [7, 11) is 0. The Hall–Kier alpha value is -0.820. The fourth-order valence-corrected chi connectivity index (χ4v) is 2.33. The van der Waals surface area contributed by atoms with E-state index >= 15 is 0 Å². The summed E-state index contributed by atoms with van der Waals surface area (Å²) in [5, 5.41) is 3.65. The second kappa shape index (κ2) is 8.31. The summed E-state index contributed by atoms with van der Waals surface area (Å²) in [4.78, 5) is 0. The molecule has 0 saturated carbocycles.